The molecule has 15 heavy (non-hydrogen) atoms. The number of likely N-dealkylation sites (N-methyl/N-ethyl adjacent to an activating group) is 1. The van der Waals surface area contributed by atoms with Gasteiger partial charge in [0, 0.05) is 0 Å². The first-order valence-electron chi connectivity index (χ1n) is 5.72. The maximum atomic E-state index is 11.7. The molecule has 0 aromatic rings. The molecule has 2 atom stereocenters. The lowest BCUT2D eigenvalue weighted by Crippen LogP contribution is -2.66. The van der Waals surface area contributed by atoms with Crippen LogP contribution < -0.4 is 0 Å². The number of ether oxygens (including phenoxy) is 1. The van der Waals surface area contributed by atoms with E-state index in [4.69, 9.17) is 4.74 Å². The van der Waals surface area contributed by atoms with Gasteiger partial charge in [-0.3, -0.25) is 4.79 Å². The number of fused-ring (bicyclic) bond motifs is 2. The van der Waals surface area contributed by atoms with Crippen LogP contribution in [0.25, 0.3) is 0 Å². The van der Waals surface area contributed by atoms with E-state index in [0.717, 1.165) is 19.6 Å². The molecule has 3 aliphatic rings. The zero-order valence-electron chi connectivity index (χ0n) is 10.2. The number of hydrogen-bond acceptors (Lipinski definition) is 3. The molecule has 2 bridgehead atoms. The van der Waals surface area contributed by atoms with Gasteiger partial charge in [0.2, 0.25) is 5.91 Å². The van der Waals surface area contributed by atoms with Gasteiger partial charge in [-0.1, -0.05) is 13.8 Å². The standard InChI is InChI=1S/C9H16N2O2.C2H6/c1-10(2)4-9(12)11-7-3-8(11)6-13-5-7;1-2/h7-8H,3-6H2,1-2H3;1-2H3. The van der Waals surface area contributed by atoms with Crippen molar-refractivity contribution < 1.29 is 9.53 Å². The number of rotatable bonds is 2. The molecule has 0 N–H and O–H groups in total. The normalized spacial score (nSPS) is 27.9. The maximum Gasteiger partial charge on any atom is 0.237 e. The number of morpholine rings is 1. The quantitative estimate of drug-likeness (QED) is 0.674. The molecule has 4 heteroatoms. The topological polar surface area (TPSA) is 32.8 Å². The van der Waals surface area contributed by atoms with Gasteiger partial charge in [-0.25, -0.2) is 0 Å². The Morgan fingerprint density at radius 1 is 1.33 bits per heavy atom. The van der Waals surface area contributed by atoms with E-state index < -0.39 is 0 Å². The summed E-state index contributed by atoms with van der Waals surface area (Å²) in [7, 11) is 3.84. The molecule has 3 saturated heterocycles. The summed E-state index contributed by atoms with van der Waals surface area (Å²) in [6, 6.07) is 0.734. The van der Waals surface area contributed by atoms with E-state index in [9.17, 15) is 4.79 Å². The highest BCUT2D eigenvalue weighted by molar-refractivity contribution is 5.80. The molecule has 0 aromatic heterocycles. The lowest BCUT2D eigenvalue weighted by molar-refractivity contribution is -0.167. The fourth-order valence-corrected chi connectivity index (χ4v) is 2.10. The summed E-state index contributed by atoms with van der Waals surface area (Å²) in [5.41, 5.74) is 0. The summed E-state index contributed by atoms with van der Waals surface area (Å²) < 4.78 is 5.31. The van der Waals surface area contributed by atoms with Crippen molar-refractivity contribution in [3.8, 4) is 0 Å². The van der Waals surface area contributed by atoms with Crippen LogP contribution in [-0.2, 0) is 9.53 Å². The minimum absolute atomic E-state index is 0.245. The third-order valence-electron chi connectivity index (χ3n) is 2.69. The zero-order chi connectivity index (χ0) is 11.4. The monoisotopic (exact) mass is 214 g/mol. The van der Waals surface area contributed by atoms with Crippen LogP contribution in [0, 0.1) is 0 Å². The SMILES string of the molecule is CC.CN(C)CC(=O)N1C2COCC1C2. The summed E-state index contributed by atoms with van der Waals surface area (Å²) in [6.45, 7) is 5.98. The van der Waals surface area contributed by atoms with Crippen LogP contribution in [-0.4, -0.2) is 61.6 Å². The van der Waals surface area contributed by atoms with E-state index in [1.165, 1.54) is 0 Å². The molecule has 0 aliphatic carbocycles. The first kappa shape index (κ1) is 12.5. The molecule has 88 valence electrons. The Labute approximate surface area is 92.2 Å². The molecule has 0 spiro atoms. The predicted molar refractivity (Wildman–Crippen MR) is 59.8 cm³/mol. The minimum Gasteiger partial charge on any atom is -0.377 e. The number of nitrogens with zero attached hydrogens (tertiary/aromatic N) is 2. The minimum atomic E-state index is 0.245. The molecule has 0 aromatic carbocycles. The maximum absolute atomic E-state index is 11.7. The Balaban J connectivity index is 0.000000531. The van der Waals surface area contributed by atoms with E-state index in [1.807, 2.05) is 37.7 Å². The second-order valence-electron chi connectivity index (χ2n) is 4.12. The van der Waals surface area contributed by atoms with Crippen molar-refractivity contribution in [2.45, 2.75) is 32.4 Å². The highest BCUT2D eigenvalue weighted by atomic mass is 16.5. The summed E-state index contributed by atoms with van der Waals surface area (Å²) in [5.74, 6) is 0.245. The van der Waals surface area contributed by atoms with Gasteiger partial charge in [-0.05, 0) is 20.5 Å². The van der Waals surface area contributed by atoms with E-state index in [1.54, 1.807) is 0 Å². The zero-order valence-corrected chi connectivity index (χ0v) is 10.2. The van der Waals surface area contributed by atoms with E-state index >= 15 is 0 Å². The highest BCUT2D eigenvalue weighted by Gasteiger charge is 2.44. The van der Waals surface area contributed by atoms with E-state index in [-0.39, 0.29) is 5.91 Å². The first-order chi connectivity index (χ1) is 7.18. The van der Waals surface area contributed by atoms with Gasteiger partial charge in [-0.15, -0.1) is 0 Å². The van der Waals surface area contributed by atoms with E-state index in [2.05, 4.69) is 0 Å². The molecular formula is C11H22N2O2. The molecule has 1 amide bonds. The van der Waals surface area contributed by atoms with Crippen LogP contribution >= 0.6 is 0 Å². The Morgan fingerprint density at radius 2 is 1.87 bits per heavy atom. The summed E-state index contributed by atoms with van der Waals surface area (Å²) >= 11 is 0. The van der Waals surface area contributed by atoms with Crippen molar-refractivity contribution in [2.24, 2.45) is 0 Å². The summed E-state index contributed by atoms with van der Waals surface area (Å²) in [5, 5.41) is 0. The average molecular weight is 214 g/mol. The second kappa shape index (κ2) is 5.47. The lowest BCUT2D eigenvalue weighted by Gasteiger charge is -2.52. The molecule has 3 fully saturated rings. The third-order valence-corrected chi connectivity index (χ3v) is 2.69. The van der Waals surface area contributed by atoms with Gasteiger partial charge >= 0.3 is 0 Å². The fourth-order valence-electron chi connectivity index (χ4n) is 2.10. The average Bonchev–Trinajstić information content (AvgIpc) is 2.20. The highest BCUT2D eigenvalue weighted by Crippen LogP contribution is 2.30. The largest absolute Gasteiger partial charge is 0.377 e. The smallest absolute Gasteiger partial charge is 0.237 e. The first-order valence-corrected chi connectivity index (χ1v) is 5.72. The van der Waals surface area contributed by atoms with Gasteiger partial charge in [0.25, 0.3) is 0 Å². The molecule has 0 saturated carbocycles. The number of hydrogen-bond donors (Lipinski definition) is 0. The van der Waals surface area contributed by atoms with Crippen LogP contribution in [0.3, 0.4) is 0 Å². The summed E-state index contributed by atoms with van der Waals surface area (Å²) in [4.78, 5) is 15.6. The van der Waals surface area contributed by atoms with Gasteiger partial charge < -0.3 is 14.5 Å². The number of amides is 1. The number of carbonyl (C=O) groups is 1. The molecule has 2 unspecified atom stereocenters. The van der Waals surface area contributed by atoms with Crippen molar-refractivity contribution in [2.75, 3.05) is 33.9 Å². The summed E-state index contributed by atoms with van der Waals surface area (Å²) in [6.07, 6.45) is 1.14. The molecular weight excluding hydrogens is 192 g/mol. The van der Waals surface area contributed by atoms with Crippen molar-refractivity contribution in [3.05, 3.63) is 0 Å². The Bertz CT molecular complexity index is 205. The molecule has 4 nitrogen and oxygen atoms in total. The van der Waals surface area contributed by atoms with Gasteiger partial charge in [0.15, 0.2) is 0 Å². The molecule has 3 rings (SSSR count). The van der Waals surface area contributed by atoms with Crippen molar-refractivity contribution in [1.82, 2.24) is 9.80 Å². The van der Waals surface area contributed by atoms with E-state index in [0.29, 0.717) is 18.6 Å². The van der Waals surface area contributed by atoms with Crippen LogP contribution in [0.2, 0.25) is 0 Å². The Hall–Kier alpha value is -0.610. The van der Waals surface area contributed by atoms with Gasteiger partial charge in [0.05, 0.1) is 31.8 Å². The number of carbonyl (C=O) groups excluding carboxylic acids is 1. The Morgan fingerprint density at radius 3 is 2.27 bits per heavy atom. The predicted octanol–water partition coefficient (Wildman–Crippen LogP) is 0.574. The van der Waals surface area contributed by atoms with Crippen LogP contribution in [0.1, 0.15) is 20.3 Å². The molecule has 0 radical (unpaired) electrons. The Kier molecular flexibility index (Phi) is 4.54. The van der Waals surface area contributed by atoms with Crippen LogP contribution in [0.4, 0.5) is 0 Å². The third kappa shape index (κ3) is 2.69. The molecule has 3 heterocycles. The van der Waals surface area contributed by atoms with Crippen LogP contribution in [0.5, 0.6) is 0 Å². The van der Waals surface area contributed by atoms with Gasteiger partial charge in [-0.2, -0.15) is 0 Å². The van der Waals surface area contributed by atoms with Gasteiger partial charge in [0.1, 0.15) is 0 Å². The van der Waals surface area contributed by atoms with Crippen molar-refractivity contribution in [3.63, 3.8) is 0 Å². The molecule has 3 aliphatic heterocycles. The second-order valence-corrected chi connectivity index (χ2v) is 4.12. The van der Waals surface area contributed by atoms with Crippen molar-refractivity contribution >= 4 is 5.91 Å². The lowest BCUT2D eigenvalue weighted by atomic mass is 9.91. The fraction of sp³-hybridized carbons (Fsp3) is 0.909. The van der Waals surface area contributed by atoms with Crippen LogP contribution in [0.15, 0.2) is 0 Å². The van der Waals surface area contributed by atoms with Crippen molar-refractivity contribution in [1.29, 1.82) is 0 Å².